The molecule has 0 saturated heterocycles. The zero-order valence-electron chi connectivity index (χ0n) is 9.77. The summed E-state index contributed by atoms with van der Waals surface area (Å²) in [6, 6.07) is -0.619. The van der Waals surface area contributed by atoms with Crippen molar-refractivity contribution in [3.05, 3.63) is 23.9 Å². The molecule has 1 unspecified atom stereocenters. The first kappa shape index (κ1) is 13.6. The van der Waals surface area contributed by atoms with Gasteiger partial charge < -0.3 is 5.11 Å². The van der Waals surface area contributed by atoms with Gasteiger partial charge in [0, 0.05) is 6.08 Å². The van der Waals surface area contributed by atoms with Crippen molar-refractivity contribution in [3.8, 4) is 0 Å². The summed E-state index contributed by atoms with van der Waals surface area (Å²) in [4.78, 5) is 12.7. The monoisotopic (exact) mass is 211 g/mol. The van der Waals surface area contributed by atoms with E-state index in [-0.39, 0.29) is 0 Å². The van der Waals surface area contributed by atoms with Crippen LogP contribution in [0.15, 0.2) is 23.9 Å². The molecule has 84 valence electrons. The first-order valence-electron chi connectivity index (χ1n) is 4.67. The molecule has 0 saturated carbocycles. The van der Waals surface area contributed by atoms with Gasteiger partial charge in [-0.15, -0.1) is 0 Å². The lowest BCUT2D eigenvalue weighted by molar-refractivity contribution is -0.412. The fraction of sp³-hybridized carbons (Fsp3) is 0.455. The number of carboxylic acids is 1. The minimum atomic E-state index is -0.857. The van der Waals surface area contributed by atoms with Crippen molar-refractivity contribution in [2.75, 3.05) is 21.1 Å². The van der Waals surface area contributed by atoms with E-state index in [0.29, 0.717) is 0 Å². The molecular weight excluding hydrogens is 192 g/mol. The van der Waals surface area contributed by atoms with E-state index in [1.165, 1.54) is 0 Å². The smallest absolute Gasteiger partial charge is 0.325 e. The standard InChI is InChI=1S/C11H18N2O2/c1-6-9(7-8-12(2)3)10(11(14)15)13(4)5/h6-8,10H,2H2,1,3-5H3/p+1. The molecule has 1 atom stereocenters. The van der Waals surface area contributed by atoms with E-state index >= 15 is 0 Å². The van der Waals surface area contributed by atoms with Gasteiger partial charge in [0.25, 0.3) is 0 Å². The summed E-state index contributed by atoms with van der Waals surface area (Å²) in [6.45, 7) is 5.47. The molecule has 15 heavy (non-hydrogen) atoms. The molecule has 0 aliphatic rings. The summed E-state index contributed by atoms with van der Waals surface area (Å²) >= 11 is 0. The van der Waals surface area contributed by atoms with Crippen molar-refractivity contribution in [3.63, 3.8) is 0 Å². The maximum Gasteiger partial charge on any atom is 0.325 e. The summed E-state index contributed by atoms with van der Waals surface area (Å²) in [5.41, 5.74) is 0.739. The number of carbonyl (C=O) groups is 1. The predicted octanol–water partition coefficient (Wildman–Crippen LogP) is 0.804. The number of likely N-dealkylation sites (N-methyl/N-ethyl adjacent to an activating group) is 1. The maximum absolute atomic E-state index is 11.0. The molecule has 0 bridgehead atoms. The summed E-state index contributed by atoms with van der Waals surface area (Å²) in [7, 11) is 5.27. The van der Waals surface area contributed by atoms with Crippen LogP contribution in [0.4, 0.5) is 0 Å². The molecular formula is C11H19N2O2+. The topological polar surface area (TPSA) is 43.6 Å². The minimum Gasteiger partial charge on any atom is -0.480 e. The highest BCUT2D eigenvalue weighted by Crippen LogP contribution is 2.09. The van der Waals surface area contributed by atoms with E-state index in [9.17, 15) is 4.79 Å². The van der Waals surface area contributed by atoms with Gasteiger partial charge in [0.1, 0.15) is 19.8 Å². The van der Waals surface area contributed by atoms with Crippen LogP contribution in [-0.4, -0.2) is 54.5 Å². The maximum atomic E-state index is 11.0. The summed E-state index contributed by atoms with van der Waals surface area (Å²) in [5.74, 6) is -0.857. The number of hydrogen-bond acceptors (Lipinski definition) is 2. The van der Waals surface area contributed by atoms with Crippen LogP contribution in [-0.2, 0) is 4.79 Å². The van der Waals surface area contributed by atoms with Gasteiger partial charge in [-0.3, -0.25) is 9.69 Å². The van der Waals surface area contributed by atoms with Gasteiger partial charge in [0.2, 0.25) is 0 Å². The van der Waals surface area contributed by atoms with E-state index in [1.807, 2.05) is 6.92 Å². The van der Waals surface area contributed by atoms with Crippen molar-refractivity contribution in [1.29, 1.82) is 0 Å². The Balaban J connectivity index is 4.94. The first-order chi connectivity index (χ1) is 6.90. The molecule has 0 rings (SSSR count). The van der Waals surface area contributed by atoms with Gasteiger partial charge in [0.05, 0.1) is 0 Å². The fourth-order valence-corrected chi connectivity index (χ4v) is 1.22. The van der Waals surface area contributed by atoms with Gasteiger partial charge in [-0.1, -0.05) is 6.08 Å². The molecule has 0 fully saturated rings. The Kier molecular flexibility index (Phi) is 5.56. The van der Waals surface area contributed by atoms with E-state index < -0.39 is 12.0 Å². The molecule has 0 aliphatic carbocycles. The zero-order chi connectivity index (χ0) is 12.0. The van der Waals surface area contributed by atoms with E-state index in [1.54, 1.807) is 49.0 Å². The van der Waals surface area contributed by atoms with Crippen molar-refractivity contribution < 1.29 is 14.5 Å². The lowest BCUT2D eigenvalue weighted by Gasteiger charge is -2.20. The molecule has 0 aromatic rings. The van der Waals surface area contributed by atoms with E-state index in [0.717, 1.165) is 5.57 Å². The fourth-order valence-electron chi connectivity index (χ4n) is 1.22. The lowest BCUT2D eigenvalue weighted by Crippen LogP contribution is -2.36. The second kappa shape index (κ2) is 6.14. The Labute approximate surface area is 90.8 Å². The third kappa shape index (κ3) is 4.56. The highest BCUT2D eigenvalue weighted by atomic mass is 16.4. The van der Waals surface area contributed by atoms with Crippen LogP contribution in [0.3, 0.4) is 0 Å². The van der Waals surface area contributed by atoms with Crippen LogP contribution in [0.25, 0.3) is 0 Å². The number of carboxylic acid groups (broad SMARTS) is 1. The first-order valence-corrected chi connectivity index (χ1v) is 4.67. The van der Waals surface area contributed by atoms with Crippen molar-refractivity contribution >= 4 is 12.7 Å². The molecule has 0 radical (unpaired) electrons. The van der Waals surface area contributed by atoms with Crippen molar-refractivity contribution in [1.82, 2.24) is 4.90 Å². The second-order valence-corrected chi connectivity index (χ2v) is 3.57. The minimum absolute atomic E-state index is 0.619. The summed E-state index contributed by atoms with van der Waals surface area (Å²) in [5, 5.41) is 9.06. The second-order valence-electron chi connectivity index (χ2n) is 3.57. The lowest BCUT2D eigenvalue weighted by atomic mass is 10.1. The normalized spacial score (nSPS) is 14.6. The SMILES string of the molecule is C=[N+](C)C=CC(=CC)C(C(=O)O)N(C)C. The van der Waals surface area contributed by atoms with E-state index in [4.69, 9.17) is 5.11 Å². The molecule has 0 spiro atoms. The average Bonchev–Trinajstić information content (AvgIpc) is 2.09. The Morgan fingerprint density at radius 2 is 2.07 bits per heavy atom. The van der Waals surface area contributed by atoms with Crippen LogP contribution in [0.2, 0.25) is 0 Å². The van der Waals surface area contributed by atoms with Gasteiger partial charge >= 0.3 is 5.97 Å². The average molecular weight is 211 g/mol. The van der Waals surface area contributed by atoms with E-state index in [2.05, 4.69) is 6.72 Å². The van der Waals surface area contributed by atoms with Crippen LogP contribution < -0.4 is 0 Å². The third-order valence-electron chi connectivity index (χ3n) is 1.92. The third-order valence-corrected chi connectivity index (χ3v) is 1.92. The molecule has 4 heteroatoms. The number of nitrogens with zero attached hydrogens (tertiary/aromatic N) is 2. The van der Waals surface area contributed by atoms with Crippen LogP contribution in [0.1, 0.15) is 6.92 Å². The Morgan fingerprint density at radius 1 is 1.53 bits per heavy atom. The molecule has 4 nitrogen and oxygen atoms in total. The number of allylic oxidation sites excluding steroid dienone is 1. The summed E-state index contributed by atoms with van der Waals surface area (Å²) in [6.07, 6.45) is 5.28. The molecule has 0 aliphatic heterocycles. The molecule has 0 amide bonds. The largest absolute Gasteiger partial charge is 0.480 e. The van der Waals surface area contributed by atoms with Crippen LogP contribution in [0.5, 0.6) is 0 Å². The van der Waals surface area contributed by atoms with Gasteiger partial charge in [0.15, 0.2) is 6.20 Å². The number of aliphatic carboxylic acids is 1. The molecule has 0 aromatic carbocycles. The molecule has 0 heterocycles. The Bertz CT molecular complexity index is 304. The van der Waals surface area contributed by atoms with Gasteiger partial charge in [-0.2, -0.15) is 0 Å². The highest BCUT2D eigenvalue weighted by molar-refractivity contribution is 5.78. The van der Waals surface area contributed by atoms with Gasteiger partial charge in [-0.05, 0) is 26.6 Å². The van der Waals surface area contributed by atoms with Crippen molar-refractivity contribution in [2.24, 2.45) is 0 Å². The van der Waals surface area contributed by atoms with Crippen LogP contribution in [0, 0.1) is 0 Å². The Morgan fingerprint density at radius 3 is 2.33 bits per heavy atom. The zero-order valence-corrected chi connectivity index (χ0v) is 9.77. The quantitative estimate of drug-likeness (QED) is 0.415. The summed E-state index contributed by atoms with van der Waals surface area (Å²) < 4.78 is 1.62. The molecule has 0 aromatic heterocycles. The molecule has 1 N–H and O–H groups in total. The Hall–Kier alpha value is -1.42. The predicted molar refractivity (Wildman–Crippen MR) is 61.3 cm³/mol. The van der Waals surface area contributed by atoms with Gasteiger partial charge in [-0.25, -0.2) is 4.58 Å². The van der Waals surface area contributed by atoms with Crippen LogP contribution >= 0.6 is 0 Å². The number of rotatable bonds is 5. The highest BCUT2D eigenvalue weighted by Gasteiger charge is 2.22. The van der Waals surface area contributed by atoms with Crippen molar-refractivity contribution in [2.45, 2.75) is 13.0 Å². The number of hydrogen-bond donors (Lipinski definition) is 1.